The van der Waals surface area contributed by atoms with E-state index in [0.717, 1.165) is 199 Å². The number of hydrogen-bond acceptors (Lipinski definition) is 19. The van der Waals surface area contributed by atoms with Crippen LogP contribution in [0.2, 0.25) is 0 Å². The number of para-hydroxylation sites is 3. The lowest BCUT2D eigenvalue weighted by molar-refractivity contribution is 0.663. The minimum Gasteiger partial charge on any atom is -0.456 e. The van der Waals surface area contributed by atoms with E-state index in [-0.39, 0.29) is 0 Å². The molecule has 29 rings (SSSR count). The van der Waals surface area contributed by atoms with Gasteiger partial charge in [0, 0.05) is 113 Å². The van der Waals surface area contributed by atoms with Crippen molar-refractivity contribution in [3.05, 3.63) is 444 Å². The molecule has 29 aromatic rings. The molecule has 0 aliphatic carbocycles. The normalized spacial score (nSPS) is 11.6. The van der Waals surface area contributed by atoms with Crippen molar-refractivity contribution in [2.24, 2.45) is 0 Å². The molecular formula is C122H73N19O3. The van der Waals surface area contributed by atoms with Gasteiger partial charge in [-0.3, -0.25) is 19.1 Å². The zero-order valence-electron chi connectivity index (χ0n) is 76.4. The first-order valence-corrected chi connectivity index (χ1v) is 47.1. The van der Waals surface area contributed by atoms with Crippen LogP contribution >= 0.6 is 0 Å². The Morgan fingerprint density at radius 1 is 0.174 bits per heavy atom. The van der Waals surface area contributed by atoms with E-state index in [0.29, 0.717) is 75.6 Å². The predicted octanol–water partition coefficient (Wildman–Crippen LogP) is 28.7. The molecule has 22 heteroatoms. The van der Waals surface area contributed by atoms with Crippen molar-refractivity contribution >= 4 is 131 Å². The Kier molecular flexibility index (Phi) is 20.2. The summed E-state index contributed by atoms with van der Waals surface area (Å²) in [6.45, 7) is 0. The Bertz CT molecular complexity index is 9510. The van der Waals surface area contributed by atoms with E-state index >= 15 is 0 Å². The Morgan fingerprint density at radius 2 is 0.493 bits per heavy atom. The molecule has 15 aromatic carbocycles. The first-order chi connectivity index (χ1) is 71.4. The lowest BCUT2D eigenvalue weighted by Crippen LogP contribution is -2.04. The standard InChI is InChI=1S/C43H26N6O.C41H24N8O.C38H23N5O/c1-3-11-27(12-4-1)41-46-42(28-13-5-2-6-14-28)48-43(47-41)30-22-23-44-33(25-30)29-21-24-45-38(26-29)49-34-17-9-16-32-31-15-7-8-19-36(31)50-37-20-10-18-35(49)40(37)39(32)34;1-3-11-25(12-4-1)37-46-38(26-13-5-2-6-14-26)48-40(47-37)30-21-23-42-39(44-30)29-22-24-43-41(45-29)49-31-17-9-16-28-27-15-7-8-19-33(27)50-34-20-10-18-32(49)36(34)35(28)31;1-3-11-24(12-4-1)36-40-37(25-13-5-2-6-14-25)42-38(41-36)26-21-27(23-39-22-26)43-30-17-9-16-29-28-15-7-8-19-32(28)44-33-20-10-18-31(43)35(33)34(29)30/h1-26H;1-24H;1-23H. The summed E-state index contributed by atoms with van der Waals surface area (Å²) in [6.07, 6.45) is 10.8. The van der Waals surface area contributed by atoms with Crippen molar-refractivity contribution in [1.82, 2.24) is 93.4 Å². The zero-order chi connectivity index (χ0) is 95.1. The van der Waals surface area contributed by atoms with Gasteiger partial charge in [-0.25, -0.2) is 69.8 Å². The molecule has 0 saturated heterocycles. The van der Waals surface area contributed by atoms with Crippen molar-refractivity contribution < 1.29 is 13.3 Å². The van der Waals surface area contributed by atoms with Crippen LogP contribution in [0, 0.1) is 0 Å². The Labute approximate surface area is 819 Å². The molecule has 0 fully saturated rings. The Balaban J connectivity index is 0.000000108. The van der Waals surface area contributed by atoms with Crippen molar-refractivity contribution in [3.63, 3.8) is 0 Å². The fourth-order valence-corrected chi connectivity index (χ4v) is 19.7. The maximum absolute atomic E-state index is 6.53. The van der Waals surface area contributed by atoms with E-state index < -0.39 is 0 Å². The molecule has 674 valence electrons. The smallest absolute Gasteiger partial charge is 0.235 e. The summed E-state index contributed by atoms with van der Waals surface area (Å²) in [5.74, 6) is 6.87. The number of nitrogens with zero attached hydrogens (tertiary/aromatic N) is 19. The van der Waals surface area contributed by atoms with Crippen LogP contribution in [0.25, 0.3) is 274 Å². The molecule has 0 N–H and O–H groups in total. The maximum Gasteiger partial charge on any atom is 0.235 e. The molecule has 14 aromatic heterocycles. The topological polar surface area (TPSA) is 260 Å². The van der Waals surface area contributed by atoms with Gasteiger partial charge in [-0.15, -0.1) is 0 Å². The molecular weight excluding hydrogens is 1780 g/mol. The van der Waals surface area contributed by atoms with Crippen molar-refractivity contribution in [2.75, 3.05) is 0 Å². The maximum atomic E-state index is 6.53. The number of pyridine rings is 3. The molecule has 0 unspecified atom stereocenters. The third kappa shape index (κ3) is 14.8. The summed E-state index contributed by atoms with van der Waals surface area (Å²) in [5.41, 5.74) is 22.0. The quantitative estimate of drug-likeness (QED) is 0.0979. The molecule has 144 heavy (non-hydrogen) atoms. The van der Waals surface area contributed by atoms with Gasteiger partial charge >= 0.3 is 0 Å². The summed E-state index contributed by atoms with van der Waals surface area (Å²) < 4.78 is 26.1. The van der Waals surface area contributed by atoms with Crippen LogP contribution in [0.15, 0.2) is 457 Å². The second-order valence-electron chi connectivity index (χ2n) is 34.7. The van der Waals surface area contributed by atoms with Crippen LogP contribution in [-0.4, -0.2) is 93.4 Å². The first kappa shape index (κ1) is 83.1. The Morgan fingerprint density at radius 3 is 0.938 bits per heavy atom. The lowest BCUT2D eigenvalue weighted by atomic mass is 10.1. The van der Waals surface area contributed by atoms with Gasteiger partial charge in [0.2, 0.25) is 5.95 Å². The molecule has 0 aliphatic heterocycles. The average Bonchev–Trinajstić information content (AvgIpc) is 1.57. The van der Waals surface area contributed by atoms with Gasteiger partial charge in [-0.1, -0.05) is 291 Å². The van der Waals surface area contributed by atoms with Gasteiger partial charge in [-0.2, -0.15) is 0 Å². The molecule has 0 aliphatic rings. The summed E-state index contributed by atoms with van der Waals surface area (Å²) in [4.78, 5) is 77.6. The largest absolute Gasteiger partial charge is 0.456 e. The van der Waals surface area contributed by atoms with Gasteiger partial charge in [0.25, 0.3) is 0 Å². The van der Waals surface area contributed by atoms with E-state index in [1.54, 1.807) is 24.7 Å². The average molecular weight is 1850 g/mol. The summed E-state index contributed by atoms with van der Waals surface area (Å²) >= 11 is 0. The van der Waals surface area contributed by atoms with Crippen LogP contribution in [0.5, 0.6) is 0 Å². The second kappa shape index (κ2) is 35.1. The highest BCUT2D eigenvalue weighted by Crippen LogP contribution is 2.46. The second-order valence-corrected chi connectivity index (χ2v) is 34.7. The molecule has 22 nitrogen and oxygen atoms in total. The SMILES string of the molecule is c1ccc(-c2nc(-c3ccccc3)nc(-c3ccnc(-c4ccnc(-n5c6cccc7oc8ccccc8c8cccc5c8c76)c4)c3)n2)cc1.c1ccc(-c2nc(-c3ccccc3)nc(-c3ccnc(-c4ccnc(-n5c6cccc7oc8ccccc8c8cccc5c8c76)n4)n3)n2)cc1.c1ccc(-c2nc(-c3ccccc3)nc(-c3cncc(-n4c5cccc6oc7ccccc7c7cccc4c7c65)c3)n2)cc1. The zero-order valence-corrected chi connectivity index (χ0v) is 76.4. The highest BCUT2D eigenvalue weighted by molar-refractivity contribution is 6.29. The molecule has 0 bridgehead atoms. The summed E-state index contributed by atoms with van der Waals surface area (Å²) in [5, 5.41) is 13.1. The van der Waals surface area contributed by atoms with Crippen molar-refractivity contribution in [2.45, 2.75) is 0 Å². The van der Waals surface area contributed by atoms with E-state index in [2.05, 4.69) is 134 Å². The fourth-order valence-electron chi connectivity index (χ4n) is 19.7. The number of aromatic nitrogens is 19. The van der Waals surface area contributed by atoms with Crippen LogP contribution in [0.1, 0.15) is 0 Å². The summed E-state index contributed by atoms with van der Waals surface area (Å²) in [7, 11) is 0. The van der Waals surface area contributed by atoms with E-state index in [1.165, 1.54) is 0 Å². The number of benzene rings is 15. The van der Waals surface area contributed by atoms with Gasteiger partial charge in [0.15, 0.2) is 58.2 Å². The van der Waals surface area contributed by atoms with Crippen LogP contribution in [-0.2, 0) is 0 Å². The van der Waals surface area contributed by atoms with Crippen molar-refractivity contribution in [1.29, 1.82) is 0 Å². The highest BCUT2D eigenvalue weighted by atomic mass is 16.3. The third-order valence-electron chi connectivity index (χ3n) is 26.1. The minimum atomic E-state index is 0.426. The molecule has 0 atom stereocenters. The number of fused-ring (bicyclic) bond motifs is 6. The highest BCUT2D eigenvalue weighted by Gasteiger charge is 2.27. The molecule has 0 spiro atoms. The van der Waals surface area contributed by atoms with Crippen LogP contribution in [0.3, 0.4) is 0 Å². The van der Waals surface area contributed by atoms with E-state index in [9.17, 15) is 0 Å². The summed E-state index contributed by atoms with van der Waals surface area (Å²) in [6, 6.07) is 136. The van der Waals surface area contributed by atoms with Gasteiger partial charge < -0.3 is 17.8 Å². The van der Waals surface area contributed by atoms with Crippen LogP contribution < -0.4 is 0 Å². The fraction of sp³-hybridized carbons (Fsp3) is 0. The van der Waals surface area contributed by atoms with E-state index in [1.807, 2.05) is 304 Å². The molecule has 0 radical (unpaired) electrons. The monoisotopic (exact) mass is 1850 g/mol. The van der Waals surface area contributed by atoms with Gasteiger partial charge in [0.1, 0.15) is 50.7 Å². The third-order valence-corrected chi connectivity index (χ3v) is 26.1. The van der Waals surface area contributed by atoms with Gasteiger partial charge in [0.05, 0.1) is 66.8 Å². The molecule has 14 heterocycles. The van der Waals surface area contributed by atoms with E-state index in [4.69, 9.17) is 88.0 Å². The number of rotatable bonds is 14. The molecule has 0 saturated carbocycles. The Hall–Kier alpha value is -20.3. The van der Waals surface area contributed by atoms with Crippen molar-refractivity contribution in [3.8, 4) is 143 Å². The lowest BCUT2D eigenvalue weighted by Gasteiger charge is -2.11. The molecule has 0 amide bonds. The number of hydrogen-bond donors (Lipinski definition) is 0. The first-order valence-electron chi connectivity index (χ1n) is 47.1. The van der Waals surface area contributed by atoms with Crippen LogP contribution in [0.4, 0.5) is 0 Å². The van der Waals surface area contributed by atoms with Gasteiger partial charge in [-0.05, 0) is 131 Å². The predicted molar refractivity (Wildman–Crippen MR) is 569 cm³/mol. The minimum absolute atomic E-state index is 0.426.